The molecule has 0 fully saturated rings. The van der Waals surface area contributed by atoms with Crippen LogP contribution in [0.1, 0.15) is 12.7 Å². The number of hydrogen-bond donors (Lipinski definition) is 1. The molecule has 4 nitrogen and oxygen atoms in total. The van der Waals surface area contributed by atoms with Gasteiger partial charge in [0, 0.05) is 25.3 Å². The maximum atomic E-state index is 13.8. The topological polar surface area (TPSA) is 47.0 Å². The van der Waals surface area contributed by atoms with Crippen LogP contribution in [-0.2, 0) is 11.3 Å². The highest BCUT2D eigenvalue weighted by molar-refractivity contribution is 5.63. The van der Waals surface area contributed by atoms with Crippen LogP contribution in [0.5, 0.6) is 0 Å². The monoisotopic (exact) mass is 279 g/mol. The Hall–Kier alpha value is -2.08. The molecule has 1 heterocycles. The second-order valence-electron chi connectivity index (χ2n) is 4.07. The van der Waals surface area contributed by atoms with Crippen molar-refractivity contribution in [3.8, 4) is 11.3 Å². The summed E-state index contributed by atoms with van der Waals surface area (Å²) in [5.41, 5.74) is 0.415. The minimum Gasteiger partial charge on any atom is -0.374 e. The molecule has 0 aliphatic carbocycles. The Kier molecular flexibility index (Phi) is 4.57. The van der Waals surface area contributed by atoms with Crippen molar-refractivity contribution in [3.05, 3.63) is 41.7 Å². The molecule has 0 saturated heterocycles. The molecule has 106 valence electrons. The Balaban J connectivity index is 2.46. The van der Waals surface area contributed by atoms with E-state index in [1.165, 1.54) is 0 Å². The first kappa shape index (κ1) is 14.3. The molecule has 0 amide bonds. The third-order valence-corrected chi connectivity index (χ3v) is 2.67. The molecule has 1 aromatic carbocycles. The molecule has 0 aliphatic rings. The maximum absolute atomic E-state index is 13.8. The summed E-state index contributed by atoms with van der Waals surface area (Å²) >= 11 is 0. The van der Waals surface area contributed by atoms with Crippen LogP contribution < -0.4 is 5.32 Å². The second kappa shape index (κ2) is 6.38. The number of rotatable bonds is 5. The highest BCUT2D eigenvalue weighted by Crippen LogP contribution is 2.24. The fraction of sp³-hybridized carbons (Fsp3) is 0.286. The van der Waals surface area contributed by atoms with E-state index >= 15 is 0 Å². The van der Waals surface area contributed by atoms with Gasteiger partial charge in [0.15, 0.2) is 5.82 Å². The van der Waals surface area contributed by atoms with Crippen LogP contribution in [0, 0.1) is 11.6 Å². The van der Waals surface area contributed by atoms with E-state index in [4.69, 9.17) is 4.74 Å². The highest BCUT2D eigenvalue weighted by Gasteiger charge is 2.11. The van der Waals surface area contributed by atoms with E-state index in [-0.39, 0.29) is 12.2 Å². The van der Waals surface area contributed by atoms with E-state index in [0.717, 1.165) is 18.2 Å². The summed E-state index contributed by atoms with van der Waals surface area (Å²) in [4.78, 5) is 8.41. The van der Waals surface area contributed by atoms with Gasteiger partial charge in [-0.15, -0.1) is 0 Å². The summed E-state index contributed by atoms with van der Waals surface area (Å²) in [6.45, 7) is 2.60. The van der Waals surface area contributed by atoms with Crippen molar-refractivity contribution in [2.24, 2.45) is 0 Å². The molecule has 1 aromatic heterocycles. The molecular formula is C14H15F2N3O. The van der Waals surface area contributed by atoms with E-state index in [0.29, 0.717) is 23.9 Å². The Bertz CT molecular complexity index is 605. The lowest BCUT2D eigenvalue weighted by atomic mass is 10.1. The van der Waals surface area contributed by atoms with E-state index < -0.39 is 11.6 Å². The number of hydrogen-bond acceptors (Lipinski definition) is 4. The van der Waals surface area contributed by atoms with Crippen molar-refractivity contribution >= 4 is 5.82 Å². The van der Waals surface area contributed by atoms with E-state index in [2.05, 4.69) is 15.3 Å². The fourth-order valence-corrected chi connectivity index (χ4v) is 1.71. The Morgan fingerprint density at radius 3 is 2.70 bits per heavy atom. The first-order chi connectivity index (χ1) is 9.63. The summed E-state index contributed by atoms with van der Waals surface area (Å²) in [5.74, 6) is -0.113. The van der Waals surface area contributed by atoms with Gasteiger partial charge in [0.1, 0.15) is 24.1 Å². The highest BCUT2D eigenvalue weighted by atomic mass is 19.1. The lowest BCUT2D eigenvalue weighted by molar-refractivity contribution is 0.128. The van der Waals surface area contributed by atoms with Gasteiger partial charge in [-0.25, -0.2) is 18.7 Å². The van der Waals surface area contributed by atoms with Gasteiger partial charge in [-0.1, -0.05) is 0 Å². The normalized spacial score (nSPS) is 10.6. The number of anilines is 1. The first-order valence-electron chi connectivity index (χ1n) is 6.23. The average Bonchev–Trinajstić information content (AvgIpc) is 2.47. The number of nitrogens with zero attached hydrogens (tertiary/aromatic N) is 2. The van der Waals surface area contributed by atoms with Crippen LogP contribution in [0.2, 0.25) is 0 Å². The van der Waals surface area contributed by atoms with Gasteiger partial charge in [0.2, 0.25) is 0 Å². The largest absolute Gasteiger partial charge is 0.374 e. The smallest absolute Gasteiger partial charge is 0.157 e. The lowest BCUT2D eigenvalue weighted by Crippen LogP contribution is -2.04. The number of halogens is 2. The van der Waals surface area contributed by atoms with Crippen LogP contribution in [0.15, 0.2) is 24.3 Å². The van der Waals surface area contributed by atoms with Crippen molar-refractivity contribution in [3.63, 3.8) is 0 Å². The summed E-state index contributed by atoms with van der Waals surface area (Å²) in [6.07, 6.45) is 0. The van der Waals surface area contributed by atoms with E-state index in [1.54, 1.807) is 13.1 Å². The zero-order valence-electron chi connectivity index (χ0n) is 11.3. The summed E-state index contributed by atoms with van der Waals surface area (Å²) < 4.78 is 32.3. The van der Waals surface area contributed by atoms with Crippen molar-refractivity contribution in [2.75, 3.05) is 19.0 Å². The Morgan fingerprint density at radius 2 is 2.00 bits per heavy atom. The minimum atomic E-state index is -0.533. The van der Waals surface area contributed by atoms with E-state index in [9.17, 15) is 8.78 Å². The van der Waals surface area contributed by atoms with Crippen LogP contribution >= 0.6 is 0 Å². The van der Waals surface area contributed by atoms with Gasteiger partial charge in [-0.3, -0.25) is 0 Å². The van der Waals surface area contributed by atoms with Crippen molar-refractivity contribution in [2.45, 2.75) is 13.5 Å². The predicted molar refractivity (Wildman–Crippen MR) is 72.3 cm³/mol. The van der Waals surface area contributed by atoms with Crippen LogP contribution in [-0.4, -0.2) is 23.6 Å². The lowest BCUT2D eigenvalue weighted by Gasteiger charge is -2.09. The zero-order valence-corrected chi connectivity index (χ0v) is 11.3. The van der Waals surface area contributed by atoms with Gasteiger partial charge in [-0.05, 0) is 25.1 Å². The molecule has 6 heteroatoms. The molecule has 1 N–H and O–H groups in total. The summed E-state index contributed by atoms with van der Waals surface area (Å²) in [5, 5.41) is 2.87. The predicted octanol–water partition coefficient (Wildman–Crippen LogP) is 3.00. The van der Waals surface area contributed by atoms with Crippen molar-refractivity contribution in [1.82, 2.24) is 9.97 Å². The Morgan fingerprint density at radius 1 is 1.20 bits per heavy atom. The summed E-state index contributed by atoms with van der Waals surface area (Å²) in [7, 11) is 1.69. The van der Waals surface area contributed by atoms with Crippen LogP contribution in [0.25, 0.3) is 11.3 Å². The molecule has 0 spiro atoms. The van der Waals surface area contributed by atoms with Gasteiger partial charge in [0.05, 0.1) is 5.69 Å². The van der Waals surface area contributed by atoms with Crippen molar-refractivity contribution in [1.29, 1.82) is 0 Å². The van der Waals surface area contributed by atoms with Gasteiger partial charge < -0.3 is 10.1 Å². The molecule has 0 aliphatic heterocycles. The van der Waals surface area contributed by atoms with Crippen LogP contribution in [0.3, 0.4) is 0 Å². The molecule has 0 atom stereocenters. The SMILES string of the molecule is CCOCc1nc(NC)cc(-c2cc(F)ccc2F)n1. The Labute approximate surface area is 115 Å². The second-order valence-corrected chi connectivity index (χ2v) is 4.07. The maximum Gasteiger partial charge on any atom is 0.157 e. The van der Waals surface area contributed by atoms with Crippen molar-refractivity contribution < 1.29 is 13.5 Å². The third-order valence-electron chi connectivity index (χ3n) is 2.67. The molecule has 0 radical (unpaired) electrons. The molecular weight excluding hydrogens is 264 g/mol. The van der Waals surface area contributed by atoms with Gasteiger partial charge in [-0.2, -0.15) is 0 Å². The average molecular weight is 279 g/mol. The molecule has 0 saturated carbocycles. The zero-order chi connectivity index (χ0) is 14.5. The fourth-order valence-electron chi connectivity index (χ4n) is 1.71. The number of ether oxygens (including phenoxy) is 1. The standard InChI is InChI=1S/C14H15F2N3O/c1-3-20-8-14-18-12(7-13(17-2)19-14)10-6-9(15)4-5-11(10)16/h4-7H,3,8H2,1-2H3,(H,17,18,19). The molecule has 0 unspecified atom stereocenters. The van der Waals surface area contributed by atoms with Gasteiger partial charge >= 0.3 is 0 Å². The third kappa shape index (κ3) is 3.27. The number of benzene rings is 1. The van der Waals surface area contributed by atoms with E-state index in [1.807, 2.05) is 6.92 Å². The first-order valence-corrected chi connectivity index (χ1v) is 6.23. The molecule has 2 aromatic rings. The minimum absolute atomic E-state index is 0.0987. The molecule has 20 heavy (non-hydrogen) atoms. The molecule has 2 rings (SSSR count). The van der Waals surface area contributed by atoms with Gasteiger partial charge in [0.25, 0.3) is 0 Å². The molecule has 0 bridgehead atoms. The quantitative estimate of drug-likeness (QED) is 0.914. The van der Waals surface area contributed by atoms with Crippen LogP contribution in [0.4, 0.5) is 14.6 Å². The summed E-state index contributed by atoms with van der Waals surface area (Å²) in [6, 6.07) is 4.82. The number of nitrogens with one attached hydrogen (secondary N) is 1. The number of aromatic nitrogens is 2.